The second-order valence-corrected chi connectivity index (χ2v) is 7.90. The second-order valence-electron chi connectivity index (χ2n) is 6.18. The highest BCUT2D eigenvalue weighted by Crippen LogP contribution is 2.26. The van der Waals surface area contributed by atoms with Gasteiger partial charge in [-0.15, -0.1) is 5.10 Å². The lowest BCUT2D eigenvalue weighted by molar-refractivity contribution is -0.120. The van der Waals surface area contributed by atoms with E-state index in [1.165, 1.54) is 11.8 Å². The predicted molar refractivity (Wildman–Crippen MR) is 107 cm³/mol. The molecular formula is C19H20ClN5OS. The standard InChI is InChI=1S/C19H20ClN5OS/c1-12-7-6-8-13(2)17(12)25-19(22-23-24-25)27-14(3)18(26)21-11-15-9-4-5-10-16(15)20/h4-10,14H,11H2,1-3H3,(H,21,26)/t14-/m1/s1. The van der Waals surface area contributed by atoms with Crippen LogP contribution in [0, 0.1) is 13.8 Å². The van der Waals surface area contributed by atoms with Gasteiger partial charge in [-0.2, -0.15) is 4.68 Å². The number of rotatable bonds is 6. The maximum atomic E-state index is 12.5. The molecule has 8 heteroatoms. The van der Waals surface area contributed by atoms with Crippen molar-refractivity contribution < 1.29 is 4.79 Å². The maximum absolute atomic E-state index is 12.5. The van der Waals surface area contributed by atoms with Gasteiger partial charge < -0.3 is 5.32 Å². The Hall–Kier alpha value is -2.38. The third-order valence-electron chi connectivity index (χ3n) is 4.15. The number of tetrazole rings is 1. The SMILES string of the molecule is Cc1cccc(C)c1-n1nnnc1S[C@H](C)C(=O)NCc1ccccc1Cl. The second kappa shape index (κ2) is 8.54. The third kappa shape index (κ3) is 4.48. The minimum absolute atomic E-state index is 0.101. The number of aromatic nitrogens is 4. The number of amides is 1. The first kappa shape index (κ1) is 19.4. The van der Waals surface area contributed by atoms with Crippen LogP contribution in [0.4, 0.5) is 0 Å². The molecular weight excluding hydrogens is 382 g/mol. The number of halogens is 1. The summed E-state index contributed by atoms with van der Waals surface area (Å²) in [6.45, 7) is 6.23. The highest BCUT2D eigenvalue weighted by molar-refractivity contribution is 8.00. The minimum Gasteiger partial charge on any atom is -0.351 e. The topological polar surface area (TPSA) is 72.7 Å². The van der Waals surface area contributed by atoms with Crippen molar-refractivity contribution >= 4 is 29.3 Å². The van der Waals surface area contributed by atoms with Crippen LogP contribution in [0.3, 0.4) is 0 Å². The van der Waals surface area contributed by atoms with E-state index < -0.39 is 0 Å². The molecule has 0 aliphatic heterocycles. The number of nitrogens with one attached hydrogen (secondary N) is 1. The molecule has 0 radical (unpaired) electrons. The molecule has 0 spiro atoms. The molecule has 1 N–H and O–H groups in total. The van der Waals surface area contributed by atoms with Gasteiger partial charge in [-0.1, -0.05) is 59.8 Å². The number of aryl methyl sites for hydroxylation is 2. The molecule has 3 aromatic rings. The molecule has 0 aliphatic carbocycles. The number of hydrogen-bond donors (Lipinski definition) is 1. The van der Waals surface area contributed by atoms with E-state index in [4.69, 9.17) is 11.6 Å². The summed E-state index contributed by atoms with van der Waals surface area (Å²) in [6, 6.07) is 13.5. The van der Waals surface area contributed by atoms with Gasteiger partial charge in [-0.3, -0.25) is 4.79 Å². The van der Waals surface area contributed by atoms with Crippen molar-refractivity contribution in [1.29, 1.82) is 0 Å². The summed E-state index contributed by atoms with van der Waals surface area (Å²) in [7, 11) is 0. The van der Waals surface area contributed by atoms with Crippen molar-refractivity contribution in [3.05, 3.63) is 64.2 Å². The van der Waals surface area contributed by atoms with Gasteiger partial charge >= 0.3 is 0 Å². The number of hydrogen-bond acceptors (Lipinski definition) is 5. The van der Waals surface area contributed by atoms with Crippen LogP contribution < -0.4 is 5.32 Å². The van der Waals surface area contributed by atoms with E-state index in [9.17, 15) is 4.79 Å². The molecule has 0 fully saturated rings. The number of para-hydroxylation sites is 1. The van der Waals surface area contributed by atoms with Crippen LogP contribution in [0.2, 0.25) is 5.02 Å². The number of thioether (sulfide) groups is 1. The van der Waals surface area contributed by atoms with E-state index in [0.29, 0.717) is 16.7 Å². The molecule has 140 valence electrons. The Morgan fingerprint density at radius 2 is 1.89 bits per heavy atom. The lowest BCUT2D eigenvalue weighted by Crippen LogP contribution is -2.30. The summed E-state index contributed by atoms with van der Waals surface area (Å²) in [4.78, 5) is 12.5. The normalized spacial score (nSPS) is 12.0. The van der Waals surface area contributed by atoms with Crippen molar-refractivity contribution in [2.45, 2.75) is 37.7 Å². The summed E-state index contributed by atoms with van der Waals surface area (Å²) in [6.07, 6.45) is 0. The van der Waals surface area contributed by atoms with Crippen molar-refractivity contribution in [2.24, 2.45) is 0 Å². The molecule has 3 rings (SSSR count). The quantitative estimate of drug-likeness (QED) is 0.637. The van der Waals surface area contributed by atoms with E-state index in [1.807, 2.05) is 57.2 Å². The van der Waals surface area contributed by atoms with E-state index in [-0.39, 0.29) is 11.2 Å². The fourth-order valence-corrected chi connectivity index (χ4v) is 3.73. The van der Waals surface area contributed by atoms with E-state index >= 15 is 0 Å². The van der Waals surface area contributed by atoms with Crippen molar-refractivity contribution in [1.82, 2.24) is 25.5 Å². The van der Waals surface area contributed by atoms with E-state index in [2.05, 4.69) is 20.8 Å². The van der Waals surface area contributed by atoms with Gasteiger partial charge in [-0.05, 0) is 54.0 Å². The first-order chi connectivity index (χ1) is 13.0. The average Bonchev–Trinajstić information content (AvgIpc) is 3.08. The molecule has 0 aliphatic rings. The molecule has 0 bridgehead atoms. The number of nitrogens with zero attached hydrogens (tertiary/aromatic N) is 4. The Morgan fingerprint density at radius 1 is 1.19 bits per heavy atom. The molecule has 0 unspecified atom stereocenters. The largest absolute Gasteiger partial charge is 0.351 e. The first-order valence-corrected chi connectivity index (χ1v) is 9.76. The summed E-state index contributed by atoms with van der Waals surface area (Å²) in [5, 5.41) is 15.8. The van der Waals surface area contributed by atoms with Crippen LogP contribution in [0.25, 0.3) is 5.69 Å². The zero-order valence-corrected chi connectivity index (χ0v) is 16.9. The van der Waals surface area contributed by atoms with Gasteiger partial charge in [0.1, 0.15) is 0 Å². The van der Waals surface area contributed by atoms with Crippen molar-refractivity contribution in [2.75, 3.05) is 0 Å². The fourth-order valence-electron chi connectivity index (χ4n) is 2.71. The van der Waals surface area contributed by atoms with Crippen LogP contribution in [-0.2, 0) is 11.3 Å². The van der Waals surface area contributed by atoms with E-state index in [0.717, 1.165) is 22.4 Å². The van der Waals surface area contributed by atoms with Gasteiger partial charge in [0.05, 0.1) is 10.9 Å². The van der Waals surface area contributed by atoms with Crippen molar-refractivity contribution in [3.63, 3.8) is 0 Å². The Balaban J connectivity index is 1.70. The smallest absolute Gasteiger partial charge is 0.233 e. The number of carbonyl (C=O) groups is 1. The Kier molecular flexibility index (Phi) is 6.13. The maximum Gasteiger partial charge on any atom is 0.233 e. The Morgan fingerprint density at radius 3 is 2.59 bits per heavy atom. The number of benzene rings is 2. The lowest BCUT2D eigenvalue weighted by Gasteiger charge is -2.14. The summed E-state index contributed by atoms with van der Waals surface area (Å²) in [5.74, 6) is -0.101. The molecule has 0 saturated carbocycles. The minimum atomic E-state index is -0.360. The molecule has 1 aromatic heterocycles. The van der Waals surface area contributed by atoms with E-state index in [1.54, 1.807) is 10.7 Å². The summed E-state index contributed by atoms with van der Waals surface area (Å²) in [5.41, 5.74) is 3.96. The van der Waals surface area contributed by atoms with Crippen LogP contribution >= 0.6 is 23.4 Å². The van der Waals surface area contributed by atoms with Gasteiger partial charge in [0.15, 0.2) is 0 Å². The van der Waals surface area contributed by atoms with Crippen LogP contribution in [0.5, 0.6) is 0 Å². The monoisotopic (exact) mass is 401 g/mol. The molecule has 6 nitrogen and oxygen atoms in total. The van der Waals surface area contributed by atoms with Crippen molar-refractivity contribution in [3.8, 4) is 5.69 Å². The zero-order valence-electron chi connectivity index (χ0n) is 15.3. The van der Waals surface area contributed by atoms with Crippen LogP contribution in [0.1, 0.15) is 23.6 Å². The molecule has 1 amide bonds. The molecule has 1 heterocycles. The van der Waals surface area contributed by atoms with Gasteiger partial charge in [0.2, 0.25) is 11.1 Å². The third-order valence-corrected chi connectivity index (χ3v) is 5.56. The zero-order chi connectivity index (χ0) is 19.4. The first-order valence-electron chi connectivity index (χ1n) is 8.50. The average molecular weight is 402 g/mol. The molecule has 2 aromatic carbocycles. The predicted octanol–water partition coefficient (Wildman–Crippen LogP) is 3.73. The van der Waals surface area contributed by atoms with Gasteiger partial charge in [0.25, 0.3) is 0 Å². The highest BCUT2D eigenvalue weighted by atomic mass is 35.5. The highest BCUT2D eigenvalue weighted by Gasteiger charge is 2.20. The van der Waals surface area contributed by atoms with Gasteiger partial charge in [0, 0.05) is 11.6 Å². The van der Waals surface area contributed by atoms with Gasteiger partial charge in [-0.25, -0.2) is 0 Å². The fraction of sp³-hybridized carbons (Fsp3) is 0.263. The van der Waals surface area contributed by atoms with Crippen LogP contribution in [-0.4, -0.2) is 31.4 Å². The Labute approximate surface area is 167 Å². The summed E-state index contributed by atoms with van der Waals surface area (Å²) < 4.78 is 1.69. The lowest BCUT2D eigenvalue weighted by atomic mass is 10.1. The molecule has 1 atom stereocenters. The Bertz CT molecular complexity index is 939. The van der Waals surface area contributed by atoms with Crippen LogP contribution in [0.15, 0.2) is 47.6 Å². The summed E-state index contributed by atoms with van der Waals surface area (Å²) >= 11 is 7.45. The number of carbonyl (C=O) groups excluding carboxylic acids is 1. The molecule has 0 saturated heterocycles. The molecule has 27 heavy (non-hydrogen) atoms.